The summed E-state index contributed by atoms with van der Waals surface area (Å²) in [4.78, 5) is 0. The molecule has 0 unspecified atom stereocenters. The van der Waals surface area contributed by atoms with Crippen LogP contribution in [-0.4, -0.2) is 5.11 Å². The normalized spacial score (nSPS) is 17.7. The molecule has 0 amide bonds. The highest BCUT2D eigenvalue weighted by atomic mass is 35.5. The molecule has 1 fully saturated rings. The molecule has 6 rings (SSSR count). The summed E-state index contributed by atoms with van der Waals surface area (Å²) in [5, 5.41) is 12.7. The molecule has 158 valence electrons. The van der Waals surface area contributed by atoms with E-state index in [9.17, 15) is 5.11 Å². The van der Waals surface area contributed by atoms with Crippen LogP contribution in [0.2, 0.25) is 5.02 Å². The molecule has 32 heavy (non-hydrogen) atoms. The lowest BCUT2D eigenvalue weighted by atomic mass is 9.62. The molecule has 0 aromatic heterocycles. The summed E-state index contributed by atoms with van der Waals surface area (Å²) in [5.74, 6) is 0. The van der Waals surface area contributed by atoms with E-state index in [2.05, 4.69) is 60.7 Å². The number of hydrogen-bond acceptors (Lipinski definition) is 1. The predicted molar refractivity (Wildman–Crippen MR) is 132 cm³/mol. The van der Waals surface area contributed by atoms with Gasteiger partial charge in [-0.3, -0.25) is 0 Å². The van der Waals surface area contributed by atoms with Gasteiger partial charge in [0.15, 0.2) is 0 Å². The van der Waals surface area contributed by atoms with Crippen LogP contribution in [0.5, 0.6) is 0 Å². The highest BCUT2D eigenvalue weighted by Crippen LogP contribution is 2.58. The first kappa shape index (κ1) is 19.8. The fourth-order valence-electron chi connectivity index (χ4n) is 6.08. The average Bonchev–Trinajstić information content (AvgIpc) is 3.12. The van der Waals surface area contributed by atoms with Gasteiger partial charge in [0.05, 0.1) is 5.60 Å². The van der Waals surface area contributed by atoms with Crippen molar-refractivity contribution in [2.45, 2.75) is 36.7 Å². The van der Waals surface area contributed by atoms with Crippen LogP contribution >= 0.6 is 11.6 Å². The number of halogens is 1. The Balaban J connectivity index is 1.40. The van der Waals surface area contributed by atoms with Gasteiger partial charge >= 0.3 is 0 Å². The van der Waals surface area contributed by atoms with Crippen LogP contribution in [0.25, 0.3) is 22.3 Å². The Kier molecular flexibility index (Phi) is 4.54. The third kappa shape index (κ3) is 2.88. The van der Waals surface area contributed by atoms with E-state index < -0.39 is 5.60 Å². The molecule has 0 atom stereocenters. The van der Waals surface area contributed by atoms with Crippen LogP contribution < -0.4 is 0 Å². The molecule has 4 aromatic carbocycles. The highest BCUT2D eigenvalue weighted by Gasteiger charge is 2.49. The van der Waals surface area contributed by atoms with Crippen LogP contribution in [0.4, 0.5) is 0 Å². The van der Waals surface area contributed by atoms with E-state index in [0.717, 1.165) is 47.4 Å². The van der Waals surface area contributed by atoms with Crippen LogP contribution in [0.15, 0.2) is 97.1 Å². The molecular formula is C30H25ClO. The molecule has 2 heteroatoms. The summed E-state index contributed by atoms with van der Waals surface area (Å²) < 4.78 is 0. The Morgan fingerprint density at radius 1 is 0.531 bits per heavy atom. The fourth-order valence-corrected chi connectivity index (χ4v) is 6.21. The number of benzene rings is 4. The van der Waals surface area contributed by atoms with Gasteiger partial charge in [-0.2, -0.15) is 0 Å². The van der Waals surface area contributed by atoms with Crippen molar-refractivity contribution in [3.8, 4) is 22.3 Å². The molecule has 0 aliphatic heterocycles. The van der Waals surface area contributed by atoms with E-state index in [0.29, 0.717) is 0 Å². The summed E-state index contributed by atoms with van der Waals surface area (Å²) >= 11 is 6.12. The van der Waals surface area contributed by atoms with Crippen LogP contribution in [-0.2, 0) is 11.0 Å². The number of rotatable bonds is 2. The van der Waals surface area contributed by atoms with Crippen LogP contribution in [0, 0.1) is 0 Å². The maximum absolute atomic E-state index is 12.0. The van der Waals surface area contributed by atoms with Crippen molar-refractivity contribution in [2.75, 3.05) is 0 Å². The summed E-state index contributed by atoms with van der Waals surface area (Å²) in [5.41, 5.74) is 7.93. The zero-order valence-electron chi connectivity index (χ0n) is 17.9. The van der Waals surface area contributed by atoms with Gasteiger partial charge in [0.25, 0.3) is 0 Å². The fraction of sp³-hybridized carbons (Fsp3) is 0.200. The molecule has 0 radical (unpaired) electrons. The van der Waals surface area contributed by atoms with Gasteiger partial charge < -0.3 is 5.11 Å². The van der Waals surface area contributed by atoms with Gasteiger partial charge in [0.1, 0.15) is 0 Å². The summed E-state index contributed by atoms with van der Waals surface area (Å²) in [6.45, 7) is 0. The first-order valence-electron chi connectivity index (χ1n) is 11.4. The Bertz CT molecular complexity index is 1250. The largest absolute Gasteiger partial charge is 0.385 e. The number of hydrogen-bond donors (Lipinski definition) is 1. The molecular weight excluding hydrogens is 412 g/mol. The molecule has 0 heterocycles. The summed E-state index contributed by atoms with van der Waals surface area (Å²) in [6, 6.07) is 33.9. The smallest absolute Gasteiger partial charge is 0.0903 e. The van der Waals surface area contributed by atoms with E-state index in [1.165, 1.54) is 22.3 Å². The van der Waals surface area contributed by atoms with Crippen molar-refractivity contribution in [1.29, 1.82) is 0 Å². The Morgan fingerprint density at radius 3 is 1.56 bits per heavy atom. The third-order valence-electron chi connectivity index (χ3n) is 7.69. The second-order valence-electron chi connectivity index (χ2n) is 9.26. The van der Waals surface area contributed by atoms with Crippen molar-refractivity contribution in [1.82, 2.24) is 0 Å². The molecule has 4 aromatic rings. The lowest BCUT2D eigenvalue weighted by Crippen LogP contribution is -2.39. The second kappa shape index (κ2) is 7.33. The maximum atomic E-state index is 12.0. The molecule has 1 saturated carbocycles. The molecule has 1 nitrogen and oxygen atoms in total. The van der Waals surface area contributed by atoms with Crippen molar-refractivity contribution in [2.24, 2.45) is 0 Å². The van der Waals surface area contributed by atoms with Crippen molar-refractivity contribution in [3.05, 3.63) is 119 Å². The SMILES string of the molecule is OC1(c2ccccc2-c2ccc(Cl)cc2)CCC2(CC1)c1ccccc1-c1ccccc12. The maximum Gasteiger partial charge on any atom is 0.0903 e. The Labute approximate surface area is 194 Å². The minimum Gasteiger partial charge on any atom is -0.385 e. The summed E-state index contributed by atoms with van der Waals surface area (Å²) in [7, 11) is 0. The van der Waals surface area contributed by atoms with E-state index >= 15 is 0 Å². The standard InChI is InChI=1S/C30H25ClO/c31-22-15-13-21(14-16-22)23-7-1-6-12-28(23)30(32)19-17-29(18-20-30)26-10-4-2-8-24(26)25-9-3-5-11-27(25)29/h1-16,32H,17-20H2. The Hall–Kier alpha value is -2.87. The zero-order chi connectivity index (χ0) is 21.8. The van der Waals surface area contributed by atoms with Gasteiger partial charge in [0, 0.05) is 10.4 Å². The monoisotopic (exact) mass is 436 g/mol. The number of aliphatic hydroxyl groups is 1. The van der Waals surface area contributed by atoms with Crippen molar-refractivity contribution >= 4 is 11.6 Å². The van der Waals surface area contributed by atoms with Gasteiger partial charge in [-0.25, -0.2) is 0 Å². The van der Waals surface area contributed by atoms with Gasteiger partial charge in [-0.15, -0.1) is 0 Å². The first-order valence-corrected chi connectivity index (χ1v) is 11.8. The van der Waals surface area contributed by atoms with E-state index in [4.69, 9.17) is 11.6 Å². The predicted octanol–water partition coefficient (Wildman–Crippen LogP) is 7.74. The lowest BCUT2D eigenvalue weighted by molar-refractivity contribution is -0.0147. The van der Waals surface area contributed by atoms with E-state index in [1.54, 1.807) is 0 Å². The molecule has 2 aliphatic rings. The van der Waals surface area contributed by atoms with Crippen LogP contribution in [0.3, 0.4) is 0 Å². The Morgan fingerprint density at radius 2 is 1.00 bits per heavy atom. The van der Waals surface area contributed by atoms with Gasteiger partial charge in [-0.05, 0) is 76.8 Å². The second-order valence-corrected chi connectivity index (χ2v) is 9.69. The molecule has 0 bridgehead atoms. The van der Waals surface area contributed by atoms with E-state index in [1.807, 2.05) is 36.4 Å². The first-order chi connectivity index (χ1) is 15.6. The molecule has 1 spiro atoms. The van der Waals surface area contributed by atoms with Crippen LogP contribution in [0.1, 0.15) is 42.4 Å². The minimum atomic E-state index is -0.839. The van der Waals surface area contributed by atoms with Crippen molar-refractivity contribution in [3.63, 3.8) is 0 Å². The lowest BCUT2D eigenvalue weighted by Gasteiger charge is -2.44. The topological polar surface area (TPSA) is 20.2 Å². The molecule has 1 N–H and O–H groups in total. The zero-order valence-corrected chi connectivity index (χ0v) is 18.6. The highest BCUT2D eigenvalue weighted by molar-refractivity contribution is 6.30. The third-order valence-corrected chi connectivity index (χ3v) is 7.94. The molecule has 2 aliphatic carbocycles. The number of fused-ring (bicyclic) bond motifs is 5. The van der Waals surface area contributed by atoms with Gasteiger partial charge in [-0.1, -0.05) is 96.5 Å². The minimum absolute atomic E-state index is 0.00532. The van der Waals surface area contributed by atoms with Gasteiger partial charge in [0.2, 0.25) is 0 Å². The van der Waals surface area contributed by atoms with E-state index in [-0.39, 0.29) is 5.41 Å². The van der Waals surface area contributed by atoms with Crippen molar-refractivity contribution < 1.29 is 5.11 Å². The quantitative estimate of drug-likeness (QED) is 0.340. The summed E-state index contributed by atoms with van der Waals surface area (Å²) in [6.07, 6.45) is 3.35. The molecule has 0 saturated heterocycles. The average molecular weight is 437 g/mol.